The Morgan fingerprint density at radius 3 is 2.74 bits per heavy atom. The van der Waals surface area contributed by atoms with Crippen LogP contribution in [0, 0.1) is 17.8 Å². The smallest absolute Gasteiger partial charge is 0.227 e. The lowest BCUT2D eigenvalue weighted by molar-refractivity contribution is -0.122. The van der Waals surface area contributed by atoms with Crippen molar-refractivity contribution in [1.29, 1.82) is 0 Å². The number of benzene rings is 1. The molecule has 1 aromatic rings. The molecule has 0 aromatic heterocycles. The summed E-state index contributed by atoms with van der Waals surface area (Å²) in [4.78, 5) is 12.7. The fraction of sp³-hybridized carbons (Fsp3) is 0.632. The van der Waals surface area contributed by atoms with Crippen molar-refractivity contribution in [2.24, 2.45) is 23.5 Å². The van der Waals surface area contributed by atoms with Crippen molar-refractivity contribution >= 4 is 23.4 Å². The highest BCUT2D eigenvalue weighted by molar-refractivity contribution is 7.98. The van der Waals surface area contributed by atoms with Crippen LogP contribution in [0.4, 0.5) is 5.69 Å². The summed E-state index contributed by atoms with van der Waals surface area (Å²) >= 11 is 1.90. The summed E-state index contributed by atoms with van der Waals surface area (Å²) in [6.45, 7) is 2.17. The van der Waals surface area contributed by atoms with Gasteiger partial charge in [-0.3, -0.25) is 4.79 Å². The van der Waals surface area contributed by atoms with E-state index in [1.54, 1.807) is 0 Å². The number of anilines is 1. The first kappa shape index (κ1) is 16.8. The maximum absolute atomic E-state index is 12.7. The van der Waals surface area contributed by atoms with Crippen molar-refractivity contribution in [1.82, 2.24) is 0 Å². The second-order valence-corrected chi connectivity index (χ2v) is 8.30. The lowest BCUT2D eigenvalue weighted by atomic mass is 9.65. The topological polar surface area (TPSA) is 55.1 Å². The molecule has 0 heterocycles. The molecule has 2 aliphatic rings. The van der Waals surface area contributed by atoms with E-state index in [1.807, 2.05) is 23.9 Å². The molecule has 2 atom stereocenters. The van der Waals surface area contributed by atoms with Gasteiger partial charge >= 0.3 is 0 Å². The van der Waals surface area contributed by atoms with Crippen LogP contribution in [-0.2, 0) is 10.5 Å². The summed E-state index contributed by atoms with van der Waals surface area (Å²) in [7, 11) is 0. The molecule has 2 fully saturated rings. The standard InChI is InChI=1S/C19H28N2OS/c1-2-23-12-13-5-3-8-17(9-13)21-19(22)16-10-14-6-4-7-15(11-16)18(14)20/h3,5,8-9,14-16,18H,2,4,6-7,10-12,20H2,1H3,(H,21,22). The Morgan fingerprint density at radius 1 is 1.30 bits per heavy atom. The Bertz CT molecular complexity index is 534. The van der Waals surface area contributed by atoms with Crippen LogP contribution in [0.5, 0.6) is 0 Å². The molecule has 3 nitrogen and oxygen atoms in total. The summed E-state index contributed by atoms with van der Waals surface area (Å²) < 4.78 is 0. The molecule has 1 aromatic carbocycles. The van der Waals surface area contributed by atoms with Crippen LogP contribution in [-0.4, -0.2) is 17.7 Å². The molecule has 2 saturated carbocycles. The van der Waals surface area contributed by atoms with Crippen molar-refractivity contribution in [3.05, 3.63) is 29.8 Å². The van der Waals surface area contributed by atoms with Gasteiger partial charge in [-0.2, -0.15) is 11.8 Å². The van der Waals surface area contributed by atoms with E-state index in [4.69, 9.17) is 5.73 Å². The van der Waals surface area contributed by atoms with Crippen molar-refractivity contribution in [2.45, 2.75) is 50.8 Å². The van der Waals surface area contributed by atoms with Crippen LogP contribution in [0.3, 0.4) is 0 Å². The molecule has 1 amide bonds. The quantitative estimate of drug-likeness (QED) is 0.856. The summed E-state index contributed by atoms with van der Waals surface area (Å²) in [6, 6.07) is 8.58. The van der Waals surface area contributed by atoms with Gasteiger partial charge in [-0.05, 0) is 61.0 Å². The average molecular weight is 333 g/mol. The normalized spacial score (nSPS) is 30.0. The number of fused-ring (bicyclic) bond motifs is 2. The Morgan fingerprint density at radius 2 is 2.04 bits per heavy atom. The number of thioether (sulfide) groups is 1. The van der Waals surface area contributed by atoms with E-state index in [1.165, 1.54) is 24.8 Å². The van der Waals surface area contributed by atoms with Crippen LogP contribution in [0.15, 0.2) is 24.3 Å². The third kappa shape index (κ3) is 4.10. The summed E-state index contributed by atoms with van der Waals surface area (Å²) in [5.41, 5.74) is 8.54. The minimum absolute atomic E-state index is 0.138. The van der Waals surface area contributed by atoms with Crippen molar-refractivity contribution in [3.8, 4) is 0 Å². The first-order valence-electron chi connectivity index (χ1n) is 8.90. The zero-order valence-corrected chi connectivity index (χ0v) is 14.8. The average Bonchev–Trinajstić information content (AvgIpc) is 2.53. The van der Waals surface area contributed by atoms with E-state index in [0.717, 1.165) is 30.0 Å². The second-order valence-electron chi connectivity index (χ2n) is 7.02. The molecule has 3 N–H and O–H groups in total. The van der Waals surface area contributed by atoms with Crippen LogP contribution < -0.4 is 11.1 Å². The lowest BCUT2D eigenvalue weighted by Crippen LogP contribution is -2.48. The maximum Gasteiger partial charge on any atom is 0.227 e. The van der Waals surface area contributed by atoms with Gasteiger partial charge in [-0.15, -0.1) is 0 Å². The second kappa shape index (κ2) is 7.71. The number of carbonyl (C=O) groups excluding carboxylic acids is 1. The van der Waals surface area contributed by atoms with E-state index in [-0.39, 0.29) is 11.8 Å². The lowest BCUT2D eigenvalue weighted by Gasteiger charge is -2.43. The number of nitrogens with two attached hydrogens (primary N) is 1. The fourth-order valence-corrected chi connectivity index (χ4v) is 4.83. The van der Waals surface area contributed by atoms with E-state index in [0.29, 0.717) is 17.9 Å². The van der Waals surface area contributed by atoms with Gasteiger partial charge in [0.15, 0.2) is 0 Å². The molecule has 0 radical (unpaired) electrons. The summed E-state index contributed by atoms with van der Waals surface area (Å²) in [5.74, 6) is 3.54. The van der Waals surface area contributed by atoms with Gasteiger partial charge in [-0.1, -0.05) is 25.5 Å². The van der Waals surface area contributed by atoms with Crippen LogP contribution in [0.2, 0.25) is 0 Å². The molecule has 0 spiro atoms. The van der Waals surface area contributed by atoms with Gasteiger partial charge in [-0.25, -0.2) is 0 Å². The van der Waals surface area contributed by atoms with Crippen LogP contribution >= 0.6 is 11.8 Å². The zero-order valence-electron chi connectivity index (χ0n) is 14.0. The molecule has 2 unspecified atom stereocenters. The Balaban J connectivity index is 1.61. The molecule has 23 heavy (non-hydrogen) atoms. The molecule has 4 heteroatoms. The van der Waals surface area contributed by atoms with Crippen LogP contribution in [0.1, 0.15) is 44.6 Å². The molecule has 0 aliphatic heterocycles. The number of rotatable bonds is 5. The number of hydrogen-bond acceptors (Lipinski definition) is 3. The molecular formula is C19H28N2OS. The molecule has 3 rings (SSSR count). The van der Waals surface area contributed by atoms with E-state index in [2.05, 4.69) is 24.4 Å². The largest absolute Gasteiger partial charge is 0.327 e. The Hall–Kier alpha value is -1.00. The Labute approximate surface area is 143 Å². The number of carbonyl (C=O) groups is 1. The molecule has 126 valence electrons. The maximum atomic E-state index is 12.7. The highest BCUT2D eigenvalue weighted by Crippen LogP contribution is 2.42. The van der Waals surface area contributed by atoms with Crippen molar-refractivity contribution in [2.75, 3.05) is 11.1 Å². The Kier molecular flexibility index (Phi) is 5.65. The van der Waals surface area contributed by atoms with E-state index in [9.17, 15) is 4.79 Å². The predicted octanol–water partition coefficient (Wildman–Crippen LogP) is 4.03. The number of nitrogens with one attached hydrogen (secondary N) is 1. The van der Waals surface area contributed by atoms with Crippen LogP contribution in [0.25, 0.3) is 0 Å². The van der Waals surface area contributed by atoms with E-state index >= 15 is 0 Å². The first-order valence-corrected chi connectivity index (χ1v) is 10.1. The minimum Gasteiger partial charge on any atom is -0.327 e. The van der Waals surface area contributed by atoms with Gasteiger partial charge < -0.3 is 11.1 Å². The third-order valence-electron chi connectivity index (χ3n) is 5.45. The minimum atomic E-state index is 0.138. The fourth-order valence-electron chi connectivity index (χ4n) is 4.21. The highest BCUT2D eigenvalue weighted by Gasteiger charge is 2.40. The summed E-state index contributed by atoms with van der Waals surface area (Å²) in [5, 5.41) is 3.14. The van der Waals surface area contributed by atoms with Crippen molar-refractivity contribution in [3.63, 3.8) is 0 Å². The highest BCUT2D eigenvalue weighted by atomic mass is 32.2. The third-order valence-corrected chi connectivity index (χ3v) is 6.40. The molecule has 2 bridgehead atoms. The molecule has 0 saturated heterocycles. The molecular weight excluding hydrogens is 304 g/mol. The van der Waals surface area contributed by atoms with Gasteiger partial charge in [0.2, 0.25) is 5.91 Å². The predicted molar refractivity (Wildman–Crippen MR) is 98.4 cm³/mol. The first-order chi connectivity index (χ1) is 11.2. The monoisotopic (exact) mass is 332 g/mol. The van der Waals surface area contributed by atoms with Gasteiger partial charge in [0.05, 0.1) is 0 Å². The van der Waals surface area contributed by atoms with Gasteiger partial charge in [0.25, 0.3) is 0 Å². The van der Waals surface area contributed by atoms with E-state index < -0.39 is 0 Å². The van der Waals surface area contributed by atoms with Gasteiger partial charge in [0, 0.05) is 23.4 Å². The zero-order chi connectivity index (χ0) is 16.2. The number of amides is 1. The van der Waals surface area contributed by atoms with Crippen molar-refractivity contribution < 1.29 is 4.79 Å². The molecule has 2 aliphatic carbocycles. The van der Waals surface area contributed by atoms with Gasteiger partial charge in [0.1, 0.15) is 0 Å². The number of hydrogen-bond donors (Lipinski definition) is 2. The summed E-state index contributed by atoms with van der Waals surface area (Å²) in [6.07, 6.45) is 5.62. The SMILES string of the molecule is CCSCc1cccc(NC(=O)C2CC3CCCC(C2)C3N)c1.